The maximum absolute atomic E-state index is 12.6. The van der Waals surface area contributed by atoms with Crippen LogP contribution in [0, 0.1) is 6.92 Å². The van der Waals surface area contributed by atoms with Crippen molar-refractivity contribution in [3.8, 4) is 0 Å². The second kappa shape index (κ2) is 5.44. The van der Waals surface area contributed by atoms with E-state index in [4.69, 9.17) is 0 Å². The van der Waals surface area contributed by atoms with Gasteiger partial charge in [-0.25, -0.2) is 0 Å². The van der Waals surface area contributed by atoms with E-state index >= 15 is 0 Å². The quantitative estimate of drug-likeness (QED) is 0.778. The van der Waals surface area contributed by atoms with E-state index in [-0.39, 0.29) is 5.91 Å². The van der Waals surface area contributed by atoms with Crippen molar-refractivity contribution < 1.29 is 4.79 Å². The summed E-state index contributed by atoms with van der Waals surface area (Å²) in [6, 6.07) is 16.0. The van der Waals surface area contributed by atoms with Crippen LogP contribution in [0.5, 0.6) is 0 Å². The van der Waals surface area contributed by atoms with Crippen LogP contribution in [0.15, 0.2) is 54.7 Å². The predicted molar refractivity (Wildman–Crippen MR) is 85.3 cm³/mol. The summed E-state index contributed by atoms with van der Waals surface area (Å²) in [7, 11) is 1.84. The second-order valence-electron chi connectivity index (χ2n) is 5.39. The van der Waals surface area contributed by atoms with Crippen LogP contribution in [0.3, 0.4) is 0 Å². The van der Waals surface area contributed by atoms with Crippen LogP contribution in [0.2, 0.25) is 0 Å². The molecule has 3 rings (SSSR count). The number of hydrogen-bond acceptors (Lipinski definition) is 1. The highest BCUT2D eigenvalue weighted by Gasteiger charge is 2.15. The fourth-order valence-corrected chi connectivity index (χ4v) is 2.52. The molecule has 0 fully saturated rings. The Kier molecular flexibility index (Phi) is 3.48. The molecule has 21 heavy (non-hydrogen) atoms. The van der Waals surface area contributed by atoms with Crippen molar-refractivity contribution in [1.29, 1.82) is 0 Å². The Morgan fingerprint density at radius 2 is 1.86 bits per heavy atom. The Labute approximate surface area is 124 Å². The minimum Gasteiger partial charge on any atom is -0.361 e. The van der Waals surface area contributed by atoms with Crippen molar-refractivity contribution in [2.45, 2.75) is 13.5 Å². The molecule has 3 nitrogen and oxygen atoms in total. The first-order valence-electron chi connectivity index (χ1n) is 7.02. The van der Waals surface area contributed by atoms with Gasteiger partial charge in [-0.05, 0) is 30.7 Å². The number of nitrogens with zero attached hydrogens (tertiary/aromatic N) is 1. The Hall–Kier alpha value is -2.55. The number of rotatable bonds is 3. The number of carbonyl (C=O) groups excluding carboxylic acids is 1. The minimum atomic E-state index is 0.0424. The fourth-order valence-electron chi connectivity index (χ4n) is 2.52. The number of aromatic nitrogens is 1. The first-order chi connectivity index (χ1) is 10.1. The SMILES string of the molecule is Cc1ccc(CN(C)C(=O)c2cccc3[nH]ccc23)cc1. The third-order valence-corrected chi connectivity index (χ3v) is 3.71. The number of fused-ring (bicyclic) bond motifs is 1. The Balaban J connectivity index is 1.84. The zero-order valence-corrected chi connectivity index (χ0v) is 12.3. The van der Waals surface area contributed by atoms with Crippen molar-refractivity contribution in [1.82, 2.24) is 9.88 Å². The highest BCUT2D eigenvalue weighted by Crippen LogP contribution is 2.19. The van der Waals surface area contributed by atoms with E-state index in [9.17, 15) is 4.79 Å². The van der Waals surface area contributed by atoms with Gasteiger partial charge < -0.3 is 9.88 Å². The van der Waals surface area contributed by atoms with E-state index in [2.05, 4.69) is 36.2 Å². The minimum absolute atomic E-state index is 0.0424. The molecule has 106 valence electrons. The summed E-state index contributed by atoms with van der Waals surface area (Å²) < 4.78 is 0. The summed E-state index contributed by atoms with van der Waals surface area (Å²) in [5.41, 5.74) is 4.09. The third kappa shape index (κ3) is 2.68. The average Bonchev–Trinajstić information content (AvgIpc) is 2.97. The lowest BCUT2D eigenvalue weighted by molar-refractivity contribution is 0.0787. The molecule has 0 aliphatic heterocycles. The lowest BCUT2D eigenvalue weighted by atomic mass is 10.1. The van der Waals surface area contributed by atoms with Gasteiger partial charge in [-0.3, -0.25) is 4.79 Å². The van der Waals surface area contributed by atoms with Gasteiger partial charge in [0.25, 0.3) is 5.91 Å². The van der Waals surface area contributed by atoms with E-state index in [1.54, 1.807) is 4.90 Å². The van der Waals surface area contributed by atoms with Crippen LogP contribution in [0.25, 0.3) is 10.9 Å². The summed E-state index contributed by atoms with van der Waals surface area (Å²) in [4.78, 5) is 17.5. The normalized spacial score (nSPS) is 10.8. The van der Waals surface area contributed by atoms with E-state index in [0.29, 0.717) is 6.54 Å². The van der Waals surface area contributed by atoms with E-state index in [1.807, 2.05) is 37.5 Å². The third-order valence-electron chi connectivity index (χ3n) is 3.71. The van der Waals surface area contributed by atoms with Crippen molar-refractivity contribution in [3.05, 3.63) is 71.4 Å². The number of benzene rings is 2. The van der Waals surface area contributed by atoms with E-state index in [0.717, 1.165) is 22.0 Å². The van der Waals surface area contributed by atoms with Crippen LogP contribution in [0.4, 0.5) is 0 Å². The average molecular weight is 278 g/mol. The lowest BCUT2D eigenvalue weighted by Crippen LogP contribution is -2.26. The van der Waals surface area contributed by atoms with E-state index < -0.39 is 0 Å². The number of H-pyrrole nitrogens is 1. The summed E-state index contributed by atoms with van der Waals surface area (Å²) in [6.07, 6.45) is 1.86. The molecular weight excluding hydrogens is 260 g/mol. The first kappa shape index (κ1) is 13.4. The smallest absolute Gasteiger partial charge is 0.254 e. The standard InChI is InChI=1S/C18H18N2O/c1-13-6-8-14(9-7-13)12-20(2)18(21)16-4-3-5-17-15(16)10-11-19-17/h3-11,19H,12H2,1-2H3. The van der Waals surface area contributed by atoms with Gasteiger partial charge in [-0.15, -0.1) is 0 Å². The molecule has 1 aromatic heterocycles. The number of aromatic amines is 1. The monoisotopic (exact) mass is 278 g/mol. The van der Waals surface area contributed by atoms with Gasteiger partial charge in [-0.2, -0.15) is 0 Å². The van der Waals surface area contributed by atoms with Gasteiger partial charge >= 0.3 is 0 Å². The highest BCUT2D eigenvalue weighted by atomic mass is 16.2. The molecule has 1 amide bonds. The molecule has 0 spiro atoms. The molecule has 0 unspecified atom stereocenters. The molecule has 2 aromatic carbocycles. The van der Waals surface area contributed by atoms with Crippen LogP contribution in [-0.4, -0.2) is 22.8 Å². The lowest BCUT2D eigenvalue weighted by Gasteiger charge is -2.18. The van der Waals surface area contributed by atoms with Crippen molar-refractivity contribution in [2.24, 2.45) is 0 Å². The van der Waals surface area contributed by atoms with Gasteiger partial charge in [-0.1, -0.05) is 35.9 Å². The number of nitrogens with one attached hydrogen (secondary N) is 1. The van der Waals surface area contributed by atoms with Gasteiger partial charge in [0.2, 0.25) is 0 Å². The van der Waals surface area contributed by atoms with Crippen molar-refractivity contribution >= 4 is 16.8 Å². The molecule has 0 atom stereocenters. The molecule has 0 saturated carbocycles. The summed E-state index contributed by atoms with van der Waals surface area (Å²) in [5, 5.41) is 0.971. The number of amides is 1. The maximum atomic E-state index is 12.6. The maximum Gasteiger partial charge on any atom is 0.254 e. The van der Waals surface area contributed by atoms with E-state index in [1.165, 1.54) is 5.56 Å². The molecule has 1 heterocycles. The van der Waals surface area contributed by atoms with Gasteiger partial charge in [0.05, 0.1) is 0 Å². The Bertz CT molecular complexity index is 771. The molecule has 1 N–H and O–H groups in total. The molecule has 0 aliphatic rings. The van der Waals surface area contributed by atoms with Gasteiger partial charge in [0, 0.05) is 36.3 Å². The zero-order valence-electron chi connectivity index (χ0n) is 12.3. The number of carbonyl (C=O) groups is 1. The highest BCUT2D eigenvalue weighted by molar-refractivity contribution is 6.06. The Morgan fingerprint density at radius 3 is 2.62 bits per heavy atom. The van der Waals surface area contributed by atoms with Crippen LogP contribution in [-0.2, 0) is 6.54 Å². The van der Waals surface area contributed by atoms with Crippen LogP contribution < -0.4 is 0 Å². The van der Waals surface area contributed by atoms with Crippen molar-refractivity contribution in [2.75, 3.05) is 7.05 Å². The van der Waals surface area contributed by atoms with Gasteiger partial charge in [0.15, 0.2) is 0 Å². The molecule has 0 radical (unpaired) electrons. The van der Waals surface area contributed by atoms with Gasteiger partial charge in [0.1, 0.15) is 0 Å². The molecule has 3 heteroatoms. The Morgan fingerprint density at radius 1 is 1.10 bits per heavy atom. The summed E-state index contributed by atoms with van der Waals surface area (Å²) >= 11 is 0. The number of hydrogen-bond donors (Lipinski definition) is 1. The largest absolute Gasteiger partial charge is 0.361 e. The fraction of sp³-hybridized carbons (Fsp3) is 0.167. The summed E-state index contributed by atoms with van der Waals surface area (Å²) in [6.45, 7) is 2.67. The molecular formula is C18H18N2O. The molecule has 3 aromatic rings. The molecule has 0 saturated heterocycles. The molecule has 0 aliphatic carbocycles. The second-order valence-corrected chi connectivity index (χ2v) is 5.39. The zero-order chi connectivity index (χ0) is 14.8. The topological polar surface area (TPSA) is 36.1 Å². The van der Waals surface area contributed by atoms with Crippen LogP contribution >= 0.6 is 0 Å². The van der Waals surface area contributed by atoms with Crippen LogP contribution in [0.1, 0.15) is 21.5 Å². The number of aryl methyl sites for hydroxylation is 1. The molecule has 0 bridgehead atoms. The van der Waals surface area contributed by atoms with Crippen molar-refractivity contribution in [3.63, 3.8) is 0 Å². The first-order valence-corrected chi connectivity index (χ1v) is 7.02. The predicted octanol–water partition coefficient (Wildman–Crippen LogP) is 3.75. The summed E-state index contributed by atoms with van der Waals surface area (Å²) in [5.74, 6) is 0.0424.